The van der Waals surface area contributed by atoms with Gasteiger partial charge in [0, 0.05) is 23.9 Å². The van der Waals surface area contributed by atoms with Crippen LogP contribution in [0.1, 0.15) is 72.8 Å². The second-order valence-electron chi connectivity index (χ2n) is 10.0. The van der Waals surface area contributed by atoms with E-state index in [2.05, 4.69) is 5.32 Å². The van der Waals surface area contributed by atoms with E-state index in [1.165, 1.54) is 12.8 Å². The molecule has 3 aromatic rings. The van der Waals surface area contributed by atoms with Gasteiger partial charge in [0.15, 0.2) is 5.58 Å². The van der Waals surface area contributed by atoms with Crippen molar-refractivity contribution in [2.45, 2.75) is 84.3 Å². The van der Waals surface area contributed by atoms with Gasteiger partial charge in [-0.2, -0.15) is 0 Å². The summed E-state index contributed by atoms with van der Waals surface area (Å²) in [4.78, 5) is 29.7. The third-order valence-corrected chi connectivity index (χ3v) is 7.59. The van der Waals surface area contributed by atoms with Gasteiger partial charge in [0.05, 0.1) is 12.1 Å². The topological polar surface area (TPSA) is 67.5 Å². The van der Waals surface area contributed by atoms with Crippen LogP contribution in [0.15, 0.2) is 34.7 Å². The van der Waals surface area contributed by atoms with Crippen LogP contribution in [-0.2, 0) is 11.3 Å². The first-order chi connectivity index (χ1) is 15.8. The molecule has 2 aromatic heterocycles. The highest BCUT2D eigenvalue weighted by atomic mass is 16.3. The van der Waals surface area contributed by atoms with Crippen LogP contribution in [0.2, 0.25) is 0 Å². The van der Waals surface area contributed by atoms with Crippen molar-refractivity contribution in [3.63, 3.8) is 0 Å². The maximum absolute atomic E-state index is 14.0. The van der Waals surface area contributed by atoms with Crippen molar-refractivity contribution in [3.05, 3.63) is 52.9 Å². The van der Waals surface area contributed by atoms with Gasteiger partial charge >= 0.3 is 0 Å². The Labute approximate surface area is 194 Å². The molecule has 6 heteroatoms. The van der Waals surface area contributed by atoms with Crippen LogP contribution >= 0.6 is 0 Å². The number of anilines is 1. The molecule has 2 amide bonds. The highest BCUT2D eigenvalue weighted by Gasteiger charge is 2.49. The standard InChI is InChI=1S/C27H33N3O3/c1-17-10-9-13-21(19(17)3)30-25(31)23-15-24-22(14-18(2)33-24)29(23)16-27(30,4)26(32)28-20-11-7-5-6-8-12-20/h9-10,13-15,20H,5-8,11-12,16H2,1-4H3,(H,28,32). The van der Waals surface area contributed by atoms with Crippen LogP contribution in [0.4, 0.5) is 5.69 Å². The lowest BCUT2D eigenvalue weighted by Crippen LogP contribution is -2.65. The molecule has 0 spiro atoms. The minimum Gasteiger partial charge on any atom is -0.460 e. The van der Waals surface area contributed by atoms with Crippen molar-refractivity contribution < 1.29 is 14.0 Å². The quantitative estimate of drug-likeness (QED) is 0.545. The predicted molar refractivity (Wildman–Crippen MR) is 130 cm³/mol. The smallest absolute Gasteiger partial charge is 0.276 e. The van der Waals surface area contributed by atoms with Gasteiger partial charge in [-0.25, -0.2) is 0 Å². The molecule has 1 aliphatic carbocycles. The fraction of sp³-hybridized carbons (Fsp3) is 0.481. The number of benzene rings is 1. The van der Waals surface area contributed by atoms with E-state index >= 15 is 0 Å². The molecule has 5 rings (SSSR count). The van der Waals surface area contributed by atoms with E-state index in [4.69, 9.17) is 4.42 Å². The molecule has 1 fully saturated rings. The van der Waals surface area contributed by atoms with Crippen molar-refractivity contribution in [3.8, 4) is 0 Å². The lowest BCUT2D eigenvalue weighted by molar-refractivity contribution is -0.127. The van der Waals surface area contributed by atoms with Crippen LogP contribution in [0.25, 0.3) is 11.1 Å². The van der Waals surface area contributed by atoms with Crippen molar-refractivity contribution in [2.75, 3.05) is 4.90 Å². The van der Waals surface area contributed by atoms with Gasteiger partial charge in [-0.15, -0.1) is 0 Å². The van der Waals surface area contributed by atoms with Gasteiger partial charge < -0.3 is 14.3 Å². The summed E-state index contributed by atoms with van der Waals surface area (Å²) in [6.45, 7) is 8.24. The summed E-state index contributed by atoms with van der Waals surface area (Å²) in [6, 6.07) is 9.86. The number of aromatic nitrogens is 1. The lowest BCUT2D eigenvalue weighted by Gasteiger charge is -2.45. The van der Waals surface area contributed by atoms with E-state index in [1.807, 2.05) is 62.6 Å². The summed E-state index contributed by atoms with van der Waals surface area (Å²) in [6.07, 6.45) is 6.72. The molecule has 0 radical (unpaired) electrons. The van der Waals surface area contributed by atoms with Gasteiger partial charge in [0.2, 0.25) is 5.91 Å². The summed E-state index contributed by atoms with van der Waals surface area (Å²) in [5, 5.41) is 3.33. The minimum atomic E-state index is -1.06. The Morgan fingerprint density at radius 3 is 2.55 bits per heavy atom. The average Bonchev–Trinajstić information content (AvgIpc) is 3.16. The summed E-state index contributed by atoms with van der Waals surface area (Å²) in [5.74, 6) is 0.540. The zero-order chi connectivity index (χ0) is 23.3. The van der Waals surface area contributed by atoms with Gasteiger partial charge in [0.25, 0.3) is 5.91 Å². The fourth-order valence-electron chi connectivity index (χ4n) is 5.52. The molecule has 2 aliphatic rings. The largest absolute Gasteiger partial charge is 0.460 e. The van der Waals surface area contributed by atoms with Crippen molar-refractivity contribution in [2.24, 2.45) is 0 Å². The third-order valence-electron chi connectivity index (χ3n) is 7.59. The minimum absolute atomic E-state index is 0.0867. The maximum Gasteiger partial charge on any atom is 0.276 e. The Morgan fingerprint density at radius 2 is 1.82 bits per heavy atom. The Kier molecular flexibility index (Phi) is 5.34. The van der Waals surface area contributed by atoms with Gasteiger partial charge in [-0.1, -0.05) is 37.8 Å². The first-order valence-electron chi connectivity index (χ1n) is 12.1. The maximum atomic E-state index is 14.0. The summed E-state index contributed by atoms with van der Waals surface area (Å²) < 4.78 is 7.79. The number of amides is 2. The van der Waals surface area contributed by atoms with E-state index in [0.717, 1.165) is 53.8 Å². The first-order valence-corrected chi connectivity index (χ1v) is 12.1. The number of aryl methyl sites for hydroxylation is 2. The van der Waals surface area contributed by atoms with E-state index in [1.54, 1.807) is 4.90 Å². The summed E-state index contributed by atoms with van der Waals surface area (Å²) >= 11 is 0. The zero-order valence-corrected chi connectivity index (χ0v) is 20.0. The highest BCUT2D eigenvalue weighted by molar-refractivity contribution is 6.14. The van der Waals surface area contributed by atoms with E-state index in [9.17, 15) is 9.59 Å². The Morgan fingerprint density at radius 1 is 1.09 bits per heavy atom. The van der Waals surface area contributed by atoms with Crippen LogP contribution in [0, 0.1) is 20.8 Å². The number of fused-ring (bicyclic) bond motifs is 3. The van der Waals surface area contributed by atoms with Crippen molar-refractivity contribution in [1.82, 2.24) is 9.88 Å². The summed E-state index contributed by atoms with van der Waals surface area (Å²) in [7, 11) is 0. The van der Waals surface area contributed by atoms with E-state index in [0.29, 0.717) is 17.8 Å². The molecule has 1 unspecified atom stereocenters. The van der Waals surface area contributed by atoms with Gasteiger partial charge in [-0.05, 0) is 57.7 Å². The van der Waals surface area contributed by atoms with Crippen LogP contribution < -0.4 is 10.2 Å². The monoisotopic (exact) mass is 447 g/mol. The van der Waals surface area contributed by atoms with E-state index in [-0.39, 0.29) is 17.9 Å². The number of rotatable bonds is 3. The molecule has 6 nitrogen and oxygen atoms in total. The number of hydrogen-bond acceptors (Lipinski definition) is 3. The molecule has 1 saturated carbocycles. The number of furan rings is 1. The lowest BCUT2D eigenvalue weighted by atomic mass is 9.91. The molecule has 1 aliphatic heterocycles. The molecule has 1 atom stereocenters. The second kappa shape index (κ2) is 8.08. The predicted octanol–water partition coefficient (Wildman–Crippen LogP) is 5.42. The zero-order valence-electron chi connectivity index (χ0n) is 20.0. The Bertz CT molecular complexity index is 1230. The average molecular weight is 448 g/mol. The summed E-state index contributed by atoms with van der Waals surface area (Å²) in [5.41, 5.74) is 3.95. The van der Waals surface area contributed by atoms with Crippen LogP contribution in [0.3, 0.4) is 0 Å². The molecular weight excluding hydrogens is 414 g/mol. The number of hydrogen-bond donors (Lipinski definition) is 1. The Balaban J connectivity index is 1.62. The fourth-order valence-corrected chi connectivity index (χ4v) is 5.52. The molecule has 1 N–H and O–H groups in total. The van der Waals surface area contributed by atoms with Crippen LogP contribution in [-0.4, -0.2) is 28.0 Å². The molecule has 33 heavy (non-hydrogen) atoms. The molecule has 174 valence electrons. The van der Waals surface area contributed by atoms with Gasteiger partial charge in [0.1, 0.15) is 17.0 Å². The van der Waals surface area contributed by atoms with E-state index < -0.39 is 5.54 Å². The number of nitrogens with one attached hydrogen (secondary N) is 1. The number of nitrogens with zero attached hydrogens (tertiary/aromatic N) is 2. The number of carbonyl (C=O) groups excluding carboxylic acids is 2. The highest BCUT2D eigenvalue weighted by Crippen LogP contribution is 2.38. The third kappa shape index (κ3) is 3.56. The second-order valence-corrected chi connectivity index (χ2v) is 10.0. The Hall–Kier alpha value is -3.02. The first kappa shape index (κ1) is 21.8. The van der Waals surface area contributed by atoms with Crippen molar-refractivity contribution in [1.29, 1.82) is 0 Å². The molecule has 3 heterocycles. The van der Waals surface area contributed by atoms with Crippen LogP contribution in [0.5, 0.6) is 0 Å². The normalized spacial score (nSPS) is 21.8. The molecule has 1 aromatic carbocycles. The molecular formula is C27H33N3O3. The van der Waals surface area contributed by atoms with Crippen molar-refractivity contribution >= 4 is 28.6 Å². The SMILES string of the molecule is Cc1cc2c(cc3n2CC(C)(C(=O)NC2CCCCCC2)N(c2cccc(C)c2C)C3=O)o1. The molecule has 0 bridgehead atoms. The molecule has 0 saturated heterocycles. The number of carbonyl (C=O) groups is 2. The van der Waals surface area contributed by atoms with Gasteiger partial charge in [-0.3, -0.25) is 14.5 Å².